The standard InChI is InChI=1S/C11H15NO3/c1-12(11(14)15)7-6-9-2-4-10(8-13)5-3-9/h2-5,13H,6-8H2,1H3,(H,14,15). The van der Waals surface area contributed by atoms with E-state index >= 15 is 0 Å². The van der Waals surface area contributed by atoms with Crippen molar-refractivity contribution in [2.24, 2.45) is 0 Å². The molecule has 1 amide bonds. The van der Waals surface area contributed by atoms with Crippen LogP contribution in [-0.4, -0.2) is 34.8 Å². The van der Waals surface area contributed by atoms with Gasteiger partial charge in [0.1, 0.15) is 0 Å². The third-order valence-electron chi connectivity index (χ3n) is 2.27. The number of rotatable bonds is 4. The van der Waals surface area contributed by atoms with Crippen LogP contribution in [0.2, 0.25) is 0 Å². The number of likely N-dealkylation sites (N-methyl/N-ethyl adjacent to an activating group) is 1. The SMILES string of the molecule is CN(CCc1ccc(CO)cc1)C(=O)O. The smallest absolute Gasteiger partial charge is 0.407 e. The Bertz CT molecular complexity index is 321. The molecule has 1 aromatic rings. The van der Waals surface area contributed by atoms with Crippen LogP contribution in [0.25, 0.3) is 0 Å². The van der Waals surface area contributed by atoms with Crippen molar-refractivity contribution in [3.05, 3.63) is 35.4 Å². The first-order valence-electron chi connectivity index (χ1n) is 4.76. The summed E-state index contributed by atoms with van der Waals surface area (Å²) in [7, 11) is 1.55. The molecular formula is C11H15NO3. The van der Waals surface area contributed by atoms with Crippen molar-refractivity contribution in [3.8, 4) is 0 Å². The fourth-order valence-corrected chi connectivity index (χ4v) is 1.20. The van der Waals surface area contributed by atoms with E-state index in [2.05, 4.69) is 0 Å². The van der Waals surface area contributed by atoms with Gasteiger partial charge in [-0.2, -0.15) is 0 Å². The Morgan fingerprint density at radius 1 is 1.27 bits per heavy atom. The summed E-state index contributed by atoms with van der Waals surface area (Å²) in [6.45, 7) is 0.517. The largest absolute Gasteiger partial charge is 0.465 e. The van der Waals surface area contributed by atoms with Gasteiger partial charge in [-0.05, 0) is 17.5 Å². The lowest BCUT2D eigenvalue weighted by molar-refractivity contribution is 0.156. The van der Waals surface area contributed by atoms with Crippen LogP contribution in [0.15, 0.2) is 24.3 Å². The molecule has 82 valence electrons. The van der Waals surface area contributed by atoms with Gasteiger partial charge >= 0.3 is 6.09 Å². The number of nitrogens with zero attached hydrogens (tertiary/aromatic N) is 1. The average Bonchev–Trinajstić information content (AvgIpc) is 2.26. The molecule has 4 heteroatoms. The van der Waals surface area contributed by atoms with Crippen molar-refractivity contribution in [3.63, 3.8) is 0 Å². The highest BCUT2D eigenvalue weighted by molar-refractivity contribution is 5.64. The van der Waals surface area contributed by atoms with E-state index in [1.54, 1.807) is 7.05 Å². The molecule has 4 nitrogen and oxygen atoms in total. The van der Waals surface area contributed by atoms with Gasteiger partial charge in [-0.1, -0.05) is 24.3 Å². The minimum atomic E-state index is -0.915. The predicted octanol–water partition coefficient (Wildman–Crippen LogP) is 1.33. The summed E-state index contributed by atoms with van der Waals surface area (Å²) in [4.78, 5) is 11.8. The summed E-state index contributed by atoms with van der Waals surface area (Å²) in [5, 5.41) is 17.5. The Hall–Kier alpha value is -1.55. The van der Waals surface area contributed by atoms with Crippen LogP contribution in [0, 0.1) is 0 Å². The summed E-state index contributed by atoms with van der Waals surface area (Å²) in [5.41, 5.74) is 1.94. The van der Waals surface area contributed by atoms with Crippen molar-refractivity contribution >= 4 is 6.09 Å². The lowest BCUT2D eigenvalue weighted by Gasteiger charge is -2.12. The number of aliphatic hydroxyl groups excluding tert-OH is 1. The molecule has 1 rings (SSSR count). The van der Waals surface area contributed by atoms with Crippen molar-refractivity contribution in [2.45, 2.75) is 13.0 Å². The first-order chi connectivity index (χ1) is 7.13. The van der Waals surface area contributed by atoms with Gasteiger partial charge in [0.2, 0.25) is 0 Å². The van der Waals surface area contributed by atoms with Gasteiger partial charge in [-0.3, -0.25) is 0 Å². The van der Waals surface area contributed by atoms with Gasteiger partial charge in [-0.25, -0.2) is 4.79 Å². The molecule has 1 aromatic carbocycles. The zero-order valence-electron chi connectivity index (χ0n) is 8.68. The zero-order valence-corrected chi connectivity index (χ0v) is 8.68. The summed E-state index contributed by atoms with van der Waals surface area (Å²) in [5.74, 6) is 0. The number of amides is 1. The van der Waals surface area contributed by atoms with E-state index in [1.807, 2.05) is 24.3 Å². The van der Waals surface area contributed by atoms with E-state index in [0.29, 0.717) is 13.0 Å². The van der Waals surface area contributed by atoms with Gasteiger partial charge in [0.25, 0.3) is 0 Å². The fourth-order valence-electron chi connectivity index (χ4n) is 1.20. The third kappa shape index (κ3) is 3.59. The molecule has 0 saturated heterocycles. The van der Waals surface area contributed by atoms with Crippen LogP contribution in [0.3, 0.4) is 0 Å². The van der Waals surface area contributed by atoms with Gasteiger partial charge < -0.3 is 15.1 Å². The van der Waals surface area contributed by atoms with E-state index in [0.717, 1.165) is 11.1 Å². The monoisotopic (exact) mass is 209 g/mol. The maximum atomic E-state index is 10.5. The van der Waals surface area contributed by atoms with Crippen LogP contribution in [0.4, 0.5) is 4.79 Å². The lowest BCUT2D eigenvalue weighted by atomic mass is 10.1. The number of aliphatic hydroxyl groups is 1. The maximum absolute atomic E-state index is 10.5. The third-order valence-corrected chi connectivity index (χ3v) is 2.27. The topological polar surface area (TPSA) is 60.8 Å². The second kappa shape index (κ2) is 5.36. The Labute approximate surface area is 88.8 Å². The van der Waals surface area contributed by atoms with E-state index in [4.69, 9.17) is 10.2 Å². The second-order valence-corrected chi connectivity index (χ2v) is 3.43. The molecule has 0 aliphatic rings. The minimum absolute atomic E-state index is 0.0370. The summed E-state index contributed by atoms with van der Waals surface area (Å²) >= 11 is 0. The van der Waals surface area contributed by atoms with Crippen molar-refractivity contribution in [1.29, 1.82) is 0 Å². The quantitative estimate of drug-likeness (QED) is 0.786. The Morgan fingerprint density at radius 2 is 1.80 bits per heavy atom. The summed E-state index contributed by atoms with van der Waals surface area (Å²) < 4.78 is 0. The van der Waals surface area contributed by atoms with Crippen LogP contribution in [-0.2, 0) is 13.0 Å². The molecule has 0 spiro atoms. The molecule has 0 aromatic heterocycles. The minimum Gasteiger partial charge on any atom is -0.465 e. The molecular weight excluding hydrogens is 194 g/mol. The number of hydrogen-bond donors (Lipinski definition) is 2. The number of hydrogen-bond acceptors (Lipinski definition) is 2. The van der Waals surface area contributed by atoms with Gasteiger partial charge in [-0.15, -0.1) is 0 Å². The van der Waals surface area contributed by atoms with E-state index in [-0.39, 0.29) is 6.61 Å². The van der Waals surface area contributed by atoms with Crippen molar-refractivity contribution < 1.29 is 15.0 Å². The first kappa shape index (κ1) is 11.5. The summed E-state index contributed by atoms with van der Waals surface area (Å²) in [6, 6.07) is 7.49. The second-order valence-electron chi connectivity index (χ2n) is 3.43. The van der Waals surface area contributed by atoms with Gasteiger partial charge in [0.15, 0.2) is 0 Å². The highest BCUT2D eigenvalue weighted by Gasteiger charge is 2.04. The number of carbonyl (C=O) groups is 1. The Morgan fingerprint density at radius 3 is 2.27 bits per heavy atom. The highest BCUT2D eigenvalue weighted by atomic mass is 16.4. The number of benzene rings is 1. The van der Waals surface area contributed by atoms with E-state index in [1.165, 1.54) is 4.90 Å². The first-order valence-corrected chi connectivity index (χ1v) is 4.76. The Balaban J connectivity index is 2.47. The predicted molar refractivity (Wildman–Crippen MR) is 56.7 cm³/mol. The number of carboxylic acid groups (broad SMARTS) is 1. The molecule has 0 saturated carbocycles. The van der Waals surface area contributed by atoms with Gasteiger partial charge in [0.05, 0.1) is 6.61 Å². The molecule has 0 aliphatic carbocycles. The fraction of sp³-hybridized carbons (Fsp3) is 0.364. The average molecular weight is 209 g/mol. The highest BCUT2D eigenvalue weighted by Crippen LogP contribution is 2.05. The van der Waals surface area contributed by atoms with E-state index in [9.17, 15) is 4.79 Å². The van der Waals surface area contributed by atoms with Gasteiger partial charge in [0, 0.05) is 13.6 Å². The summed E-state index contributed by atoms with van der Waals surface area (Å²) in [6.07, 6.45) is -0.226. The zero-order chi connectivity index (χ0) is 11.3. The van der Waals surface area contributed by atoms with Crippen molar-refractivity contribution in [2.75, 3.05) is 13.6 Å². The molecule has 0 atom stereocenters. The molecule has 0 fully saturated rings. The molecule has 2 N–H and O–H groups in total. The van der Waals surface area contributed by atoms with Crippen LogP contribution >= 0.6 is 0 Å². The van der Waals surface area contributed by atoms with Crippen LogP contribution < -0.4 is 0 Å². The van der Waals surface area contributed by atoms with E-state index < -0.39 is 6.09 Å². The molecule has 0 aliphatic heterocycles. The molecule has 0 unspecified atom stereocenters. The molecule has 15 heavy (non-hydrogen) atoms. The normalized spacial score (nSPS) is 10.0. The van der Waals surface area contributed by atoms with Crippen LogP contribution in [0.5, 0.6) is 0 Å². The molecule has 0 heterocycles. The molecule has 0 bridgehead atoms. The lowest BCUT2D eigenvalue weighted by Crippen LogP contribution is -2.26. The van der Waals surface area contributed by atoms with Crippen molar-refractivity contribution in [1.82, 2.24) is 4.90 Å². The maximum Gasteiger partial charge on any atom is 0.407 e. The molecule has 0 radical (unpaired) electrons. The Kier molecular flexibility index (Phi) is 4.12. The van der Waals surface area contributed by atoms with Crippen LogP contribution in [0.1, 0.15) is 11.1 Å².